The Morgan fingerprint density at radius 3 is 3.14 bits per heavy atom. The third-order valence-electron chi connectivity index (χ3n) is 2.04. The molecular formula is C11H5NOS. The van der Waals surface area contributed by atoms with E-state index in [1.54, 1.807) is 17.5 Å². The number of nitrogens with zero attached hydrogens (tertiary/aromatic N) is 1. The summed E-state index contributed by atoms with van der Waals surface area (Å²) in [6.45, 7) is 0. The highest BCUT2D eigenvalue weighted by Gasteiger charge is 2.02. The molecule has 2 radical (unpaired) electrons. The number of aromatic nitrogens is 1. The first kappa shape index (κ1) is 7.76. The van der Waals surface area contributed by atoms with Gasteiger partial charge in [0, 0.05) is 17.0 Å². The molecule has 0 aliphatic rings. The molecular weight excluding hydrogens is 194 g/mol. The minimum absolute atomic E-state index is 0.790. The number of hydrogen-bond acceptors (Lipinski definition) is 3. The minimum Gasteiger partial charge on any atom is -0.356 e. The number of hydrogen-bond donors (Lipinski definition) is 0. The molecule has 3 heteroatoms. The molecule has 0 unspecified atom stereocenters. The topological polar surface area (TPSA) is 26.0 Å². The van der Waals surface area contributed by atoms with Crippen molar-refractivity contribution in [2.75, 3.05) is 0 Å². The lowest BCUT2D eigenvalue weighted by Crippen LogP contribution is -1.73. The van der Waals surface area contributed by atoms with Crippen molar-refractivity contribution in [1.82, 2.24) is 5.16 Å². The van der Waals surface area contributed by atoms with Crippen LogP contribution in [0, 0.1) is 12.1 Å². The quantitative estimate of drug-likeness (QED) is 0.601. The van der Waals surface area contributed by atoms with Gasteiger partial charge in [-0.05, 0) is 34.5 Å². The van der Waals surface area contributed by atoms with Crippen molar-refractivity contribution in [2.45, 2.75) is 0 Å². The van der Waals surface area contributed by atoms with Gasteiger partial charge in [0.25, 0.3) is 0 Å². The van der Waals surface area contributed by atoms with Gasteiger partial charge in [-0.25, -0.2) is 0 Å². The van der Waals surface area contributed by atoms with Crippen LogP contribution in [0.15, 0.2) is 33.6 Å². The average Bonchev–Trinajstić information content (AvgIpc) is 2.88. The smallest absolute Gasteiger partial charge is 0.167 e. The molecule has 0 spiro atoms. The van der Waals surface area contributed by atoms with E-state index in [-0.39, 0.29) is 0 Å². The first-order valence-electron chi connectivity index (χ1n) is 4.14. The van der Waals surface area contributed by atoms with Crippen LogP contribution in [-0.2, 0) is 0 Å². The molecule has 0 aliphatic carbocycles. The SMILES string of the molecule is [c]1cscc1-c1[c]cc2cnoc2c1. The van der Waals surface area contributed by atoms with Crippen LogP contribution in [0.1, 0.15) is 0 Å². The van der Waals surface area contributed by atoms with E-state index < -0.39 is 0 Å². The van der Waals surface area contributed by atoms with Crippen molar-refractivity contribution in [3.8, 4) is 11.1 Å². The molecule has 1 aromatic carbocycles. The molecule has 3 aromatic rings. The summed E-state index contributed by atoms with van der Waals surface area (Å²) < 4.78 is 5.08. The molecule has 0 atom stereocenters. The van der Waals surface area contributed by atoms with E-state index in [0.29, 0.717) is 0 Å². The largest absolute Gasteiger partial charge is 0.356 e. The highest BCUT2D eigenvalue weighted by molar-refractivity contribution is 7.08. The van der Waals surface area contributed by atoms with Crippen LogP contribution < -0.4 is 0 Å². The van der Waals surface area contributed by atoms with E-state index in [2.05, 4.69) is 17.3 Å². The molecule has 14 heavy (non-hydrogen) atoms. The normalized spacial score (nSPS) is 10.9. The van der Waals surface area contributed by atoms with E-state index in [1.807, 2.05) is 22.9 Å². The van der Waals surface area contributed by atoms with Gasteiger partial charge in [-0.3, -0.25) is 0 Å². The Bertz CT molecular complexity index is 553. The number of rotatable bonds is 1. The van der Waals surface area contributed by atoms with Crippen molar-refractivity contribution in [3.63, 3.8) is 0 Å². The maximum absolute atomic E-state index is 5.08. The van der Waals surface area contributed by atoms with Crippen LogP contribution in [0.2, 0.25) is 0 Å². The third-order valence-corrected chi connectivity index (χ3v) is 2.67. The van der Waals surface area contributed by atoms with Crippen molar-refractivity contribution in [3.05, 3.63) is 41.2 Å². The van der Waals surface area contributed by atoms with Crippen LogP contribution in [0.5, 0.6) is 0 Å². The van der Waals surface area contributed by atoms with Crippen molar-refractivity contribution in [1.29, 1.82) is 0 Å². The van der Waals surface area contributed by atoms with E-state index in [4.69, 9.17) is 4.52 Å². The number of thiophene rings is 1. The Morgan fingerprint density at radius 2 is 2.29 bits per heavy atom. The monoisotopic (exact) mass is 199 g/mol. The van der Waals surface area contributed by atoms with Gasteiger partial charge in [-0.2, -0.15) is 11.3 Å². The van der Waals surface area contributed by atoms with E-state index in [0.717, 1.165) is 22.1 Å². The second-order valence-electron chi connectivity index (χ2n) is 2.92. The highest BCUT2D eigenvalue weighted by atomic mass is 32.1. The summed E-state index contributed by atoms with van der Waals surface area (Å²) in [5.41, 5.74) is 2.84. The maximum atomic E-state index is 5.08. The summed E-state index contributed by atoms with van der Waals surface area (Å²) in [5.74, 6) is 0. The lowest BCUT2D eigenvalue weighted by atomic mass is 10.1. The predicted molar refractivity (Wildman–Crippen MR) is 55.0 cm³/mol. The Kier molecular flexibility index (Phi) is 1.64. The van der Waals surface area contributed by atoms with Crippen molar-refractivity contribution < 1.29 is 4.52 Å². The van der Waals surface area contributed by atoms with Gasteiger partial charge < -0.3 is 4.52 Å². The fourth-order valence-corrected chi connectivity index (χ4v) is 1.93. The fraction of sp³-hybridized carbons (Fsp3) is 0. The van der Waals surface area contributed by atoms with Gasteiger partial charge in [0.2, 0.25) is 0 Å². The van der Waals surface area contributed by atoms with E-state index >= 15 is 0 Å². The van der Waals surface area contributed by atoms with Gasteiger partial charge in [0.05, 0.1) is 6.20 Å². The lowest BCUT2D eigenvalue weighted by molar-refractivity contribution is 0.456. The highest BCUT2D eigenvalue weighted by Crippen LogP contribution is 2.24. The molecule has 0 bridgehead atoms. The zero-order valence-electron chi connectivity index (χ0n) is 7.15. The lowest BCUT2D eigenvalue weighted by Gasteiger charge is -1.94. The van der Waals surface area contributed by atoms with Crippen LogP contribution >= 0.6 is 11.3 Å². The van der Waals surface area contributed by atoms with Crippen molar-refractivity contribution >= 4 is 22.3 Å². The van der Waals surface area contributed by atoms with Crippen LogP contribution in [-0.4, -0.2) is 5.16 Å². The predicted octanol–water partition coefficient (Wildman–Crippen LogP) is 3.16. The molecule has 2 heterocycles. The average molecular weight is 199 g/mol. The summed E-state index contributed by atoms with van der Waals surface area (Å²) in [7, 11) is 0. The molecule has 0 amide bonds. The van der Waals surface area contributed by atoms with Gasteiger partial charge in [-0.1, -0.05) is 5.16 Å². The third kappa shape index (κ3) is 1.14. The van der Waals surface area contributed by atoms with Gasteiger partial charge in [-0.15, -0.1) is 0 Å². The molecule has 66 valence electrons. The minimum atomic E-state index is 0.790. The van der Waals surface area contributed by atoms with Crippen molar-refractivity contribution in [2.24, 2.45) is 0 Å². The molecule has 0 aliphatic heterocycles. The van der Waals surface area contributed by atoms with E-state index in [9.17, 15) is 0 Å². The summed E-state index contributed by atoms with van der Waals surface area (Å²) in [6, 6.07) is 10.1. The standard InChI is InChI=1S/C11H5NOS/c1-2-9-6-12-13-11(9)5-8(1)10-3-4-14-7-10/h2,4-7H. The summed E-state index contributed by atoms with van der Waals surface area (Å²) >= 11 is 1.62. The molecule has 3 rings (SSSR count). The van der Waals surface area contributed by atoms with E-state index in [1.165, 1.54) is 0 Å². The Labute approximate surface area is 84.8 Å². The number of fused-ring (bicyclic) bond motifs is 1. The molecule has 0 N–H and O–H groups in total. The fourth-order valence-electron chi connectivity index (χ4n) is 1.33. The second kappa shape index (κ2) is 2.96. The van der Waals surface area contributed by atoms with Gasteiger partial charge in [0.15, 0.2) is 5.58 Å². The first-order chi connectivity index (χ1) is 6.93. The maximum Gasteiger partial charge on any atom is 0.167 e. The molecule has 2 nitrogen and oxygen atoms in total. The van der Waals surface area contributed by atoms with Crippen LogP contribution in [0.3, 0.4) is 0 Å². The van der Waals surface area contributed by atoms with Crippen LogP contribution in [0.4, 0.5) is 0 Å². The first-order valence-corrected chi connectivity index (χ1v) is 5.08. The zero-order chi connectivity index (χ0) is 9.38. The van der Waals surface area contributed by atoms with Gasteiger partial charge >= 0.3 is 0 Å². The Hall–Kier alpha value is -1.61. The summed E-state index contributed by atoms with van der Waals surface area (Å²) in [4.78, 5) is 0. The second-order valence-corrected chi connectivity index (χ2v) is 3.67. The Morgan fingerprint density at radius 1 is 1.29 bits per heavy atom. The Balaban J connectivity index is 2.23. The zero-order valence-corrected chi connectivity index (χ0v) is 7.97. The summed E-state index contributed by atoms with van der Waals surface area (Å²) in [6.07, 6.45) is 1.69. The number of benzene rings is 1. The van der Waals surface area contributed by atoms with Crippen LogP contribution in [0.25, 0.3) is 22.1 Å². The molecule has 0 fully saturated rings. The summed E-state index contributed by atoms with van der Waals surface area (Å²) in [5, 5.41) is 8.66. The molecule has 0 saturated carbocycles. The molecule has 0 saturated heterocycles. The van der Waals surface area contributed by atoms with Gasteiger partial charge in [0.1, 0.15) is 0 Å². The molecule has 2 aromatic heterocycles.